The molecule has 8 aromatic carbocycles. The minimum Gasteiger partial charge on any atom is -0.311 e. The van der Waals surface area contributed by atoms with Gasteiger partial charge in [0.1, 0.15) is 0 Å². The molecule has 0 bridgehead atoms. The van der Waals surface area contributed by atoms with Crippen LogP contribution in [-0.2, 0) is 0 Å². The Kier molecular flexibility index (Phi) is 8.76. The Morgan fingerprint density at radius 1 is 0.255 bits per heavy atom. The van der Waals surface area contributed by atoms with E-state index in [1.807, 2.05) is 36.4 Å². The normalized spacial score (nSPS) is 10.7. The fraction of sp³-hybridized carbons (Fsp3) is 0. The Morgan fingerprint density at radius 2 is 0.471 bits per heavy atom. The second-order valence-corrected chi connectivity index (χ2v) is 12.6. The van der Waals surface area contributed by atoms with Crippen molar-refractivity contribution in [2.75, 3.05) is 4.90 Å². The zero-order chi connectivity index (χ0) is 34.4. The summed E-state index contributed by atoms with van der Waals surface area (Å²) in [5.74, 6) is 0. The maximum atomic E-state index is 9.23. The molecule has 8 aromatic rings. The van der Waals surface area contributed by atoms with Crippen molar-refractivity contribution in [3.8, 4) is 61.7 Å². The van der Waals surface area contributed by atoms with Gasteiger partial charge >= 0.3 is 0 Å². The van der Waals surface area contributed by atoms with E-state index in [1.54, 1.807) is 0 Å². The summed E-state index contributed by atoms with van der Waals surface area (Å²) in [7, 11) is 0. The van der Waals surface area contributed by atoms with E-state index in [0.29, 0.717) is 5.56 Å². The zero-order valence-electron chi connectivity index (χ0n) is 28.0. The lowest BCUT2D eigenvalue weighted by Gasteiger charge is -2.26. The Labute approximate surface area is 299 Å². The number of hydrogen-bond donors (Lipinski definition) is 0. The Hall–Kier alpha value is -6.95. The van der Waals surface area contributed by atoms with Gasteiger partial charge in [-0.2, -0.15) is 5.26 Å². The highest BCUT2D eigenvalue weighted by molar-refractivity contribution is 5.82. The van der Waals surface area contributed by atoms with Gasteiger partial charge < -0.3 is 4.90 Å². The quantitative estimate of drug-likeness (QED) is 0.164. The third-order valence-corrected chi connectivity index (χ3v) is 9.37. The third kappa shape index (κ3) is 6.83. The first-order valence-electron chi connectivity index (χ1n) is 17.1. The first-order valence-corrected chi connectivity index (χ1v) is 17.1. The Morgan fingerprint density at radius 3 is 0.725 bits per heavy atom. The smallest absolute Gasteiger partial charge is 0.0991 e. The predicted octanol–water partition coefficient (Wildman–Crippen LogP) is 13.4. The topological polar surface area (TPSA) is 27.0 Å². The molecule has 2 heteroatoms. The predicted molar refractivity (Wildman–Crippen MR) is 213 cm³/mol. The van der Waals surface area contributed by atoms with Crippen molar-refractivity contribution in [2.45, 2.75) is 0 Å². The van der Waals surface area contributed by atoms with Crippen molar-refractivity contribution < 1.29 is 0 Å². The van der Waals surface area contributed by atoms with Gasteiger partial charge in [0.05, 0.1) is 11.6 Å². The zero-order valence-corrected chi connectivity index (χ0v) is 28.0. The summed E-state index contributed by atoms with van der Waals surface area (Å²) in [5.41, 5.74) is 15.6. The molecule has 0 aliphatic heterocycles. The summed E-state index contributed by atoms with van der Waals surface area (Å²) in [6.45, 7) is 0. The van der Waals surface area contributed by atoms with Crippen LogP contribution in [0.2, 0.25) is 0 Å². The van der Waals surface area contributed by atoms with Gasteiger partial charge in [0, 0.05) is 17.1 Å². The van der Waals surface area contributed by atoms with Gasteiger partial charge in [0.25, 0.3) is 0 Å². The first-order chi connectivity index (χ1) is 25.2. The van der Waals surface area contributed by atoms with E-state index in [-0.39, 0.29) is 0 Å². The lowest BCUT2D eigenvalue weighted by atomic mass is 9.99. The van der Waals surface area contributed by atoms with E-state index < -0.39 is 0 Å². The molecule has 0 aliphatic rings. The average Bonchev–Trinajstić information content (AvgIpc) is 3.23. The number of hydrogen-bond acceptors (Lipinski definition) is 2. The van der Waals surface area contributed by atoms with Crippen molar-refractivity contribution >= 4 is 17.1 Å². The molecular weight excluding hydrogens is 617 g/mol. The highest BCUT2D eigenvalue weighted by Crippen LogP contribution is 2.38. The largest absolute Gasteiger partial charge is 0.311 e. The fourth-order valence-corrected chi connectivity index (χ4v) is 6.56. The highest BCUT2D eigenvalue weighted by Gasteiger charge is 2.14. The number of nitrogens with zero attached hydrogens (tertiary/aromatic N) is 2. The molecule has 8 rings (SSSR count). The monoisotopic (exact) mass is 650 g/mol. The van der Waals surface area contributed by atoms with Crippen LogP contribution in [0.25, 0.3) is 55.6 Å². The van der Waals surface area contributed by atoms with Crippen LogP contribution in [0.3, 0.4) is 0 Å². The van der Waals surface area contributed by atoms with Gasteiger partial charge in [-0.05, 0) is 104 Å². The number of anilines is 3. The molecule has 2 nitrogen and oxygen atoms in total. The van der Waals surface area contributed by atoms with Gasteiger partial charge in [0.2, 0.25) is 0 Å². The van der Waals surface area contributed by atoms with Crippen molar-refractivity contribution in [1.82, 2.24) is 0 Å². The van der Waals surface area contributed by atoms with E-state index in [0.717, 1.165) is 28.2 Å². The van der Waals surface area contributed by atoms with E-state index in [4.69, 9.17) is 0 Å². The fourth-order valence-electron chi connectivity index (χ4n) is 6.56. The van der Waals surface area contributed by atoms with Crippen LogP contribution >= 0.6 is 0 Å². The molecule has 0 amide bonds. The maximum Gasteiger partial charge on any atom is 0.0991 e. The molecule has 0 unspecified atom stereocenters. The molecular formula is C49H34N2. The number of nitriles is 1. The maximum absolute atomic E-state index is 9.23. The molecule has 0 radical (unpaired) electrons. The Balaban J connectivity index is 1.10. The van der Waals surface area contributed by atoms with E-state index in [1.165, 1.54) is 44.5 Å². The van der Waals surface area contributed by atoms with Gasteiger partial charge in [0.15, 0.2) is 0 Å². The van der Waals surface area contributed by atoms with Crippen molar-refractivity contribution in [3.63, 3.8) is 0 Å². The molecule has 240 valence electrons. The first kappa shape index (κ1) is 31.3. The molecule has 0 aromatic heterocycles. The molecule has 0 spiro atoms. The van der Waals surface area contributed by atoms with E-state index >= 15 is 0 Å². The lowest BCUT2D eigenvalue weighted by molar-refractivity contribution is 1.28. The number of benzene rings is 8. The second kappa shape index (κ2) is 14.3. The van der Waals surface area contributed by atoms with Crippen LogP contribution in [0, 0.1) is 11.3 Å². The molecule has 0 saturated carbocycles. The van der Waals surface area contributed by atoms with E-state index in [9.17, 15) is 5.26 Å². The van der Waals surface area contributed by atoms with Gasteiger partial charge in [-0.25, -0.2) is 0 Å². The molecule has 0 atom stereocenters. The summed E-state index contributed by atoms with van der Waals surface area (Å²) in [6, 6.07) is 74.7. The van der Waals surface area contributed by atoms with Crippen LogP contribution in [0.4, 0.5) is 17.1 Å². The minimum atomic E-state index is 0.660. The summed E-state index contributed by atoms with van der Waals surface area (Å²) in [6.07, 6.45) is 0. The Bertz CT molecular complexity index is 2260. The van der Waals surface area contributed by atoms with Crippen LogP contribution in [0.5, 0.6) is 0 Å². The average molecular weight is 651 g/mol. The highest BCUT2D eigenvalue weighted by atomic mass is 15.1. The minimum absolute atomic E-state index is 0.660. The van der Waals surface area contributed by atoms with Crippen molar-refractivity contribution in [3.05, 3.63) is 212 Å². The SMILES string of the molecule is N#Cc1ccc(-c2ccc(N(c3ccc(-c4ccc(-c5ccccc5)cc4)cc3)c3ccc(-c4ccc(-c5ccccc5)cc4)cc3)cc2)cc1. The summed E-state index contributed by atoms with van der Waals surface area (Å²) in [5, 5.41) is 9.23. The summed E-state index contributed by atoms with van der Waals surface area (Å²) in [4.78, 5) is 2.30. The molecule has 0 heterocycles. The van der Waals surface area contributed by atoms with Gasteiger partial charge in [-0.3, -0.25) is 0 Å². The van der Waals surface area contributed by atoms with Gasteiger partial charge in [-0.15, -0.1) is 0 Å². The van der Waals surface area contributed by atoms with E-state index in [2.05, 4.69) is 181 Å². The molecule has 0 aliphatic carbocycles. The third-order valence-electron chi connectivity index (χ3n) is 9.37. The van der Waals surface area contributed by atoms with Crippen LogP contribution in [0.1, 0.15) is 5.56 Å². The van der Waals surface area contributed by atoms with Gasteiger partial charge in [-0.1, -0.05) is 158 Å². The van der Waals surface area contributed by atoms with Crippen LogP contribution in [-0.4, -0.2) is 0 Å². The van der Waals surface area contributed by atoms with Crippen molar-refractivity contribution in [2.24, 2.45) is 0 Å². The van der Waals surface area contributed by atoms with Crippen LogP contribution in [0.15, 0.2) is 206 Å². The second-order valence-electron chi connectivity index (χ2n) is 12.6. The molecule has 0 saturated heterocycles. The number of rotatable bonds is 8. The summed E-state index contributed by atoms with van der Waals surface area (Å²) >= 11 is 0. The molecule has 0 fully saturated rings. The molecule has 51 heavy (non-hydrogen) atoms. The lowest BCUT2D eigenvalue weighted by Crippen LogP contribution is -2.09. The standard InChI is InChI=1S/C49H34N2/c50-35-36-11-13-39(14-12-36)44-23-29-47(30-24-44)51(48-31-25-45(26-32-48)42-19-15-40(16-20-42)37-7-3-1-4-8-37)49-33-27-46(28-34-49)43-21-17-41(18-22-43)38-9-5-2-6-10-38/h1-34H. The van der Waals surface area contributed by atoms with Crippen molar-refractivity contribution in [1.29, 1.82) is 5.26 Å². The summed E-state index contributed by atoms with van der Waals surface area (Å²) < 4.78 is 0. The molecule has 0 N–H and O–H groups in total. The van der Waals surface area contributed by atoms with Crippen LogP contribution < -0.4 is 4.90 Å².